The molecule has 0 saturated heterocycles. The van der Waals surface area contributed by atoms with Crippen LogP contribution in [0.15, 0.2) is 42.6 Å². The van der Waals surface area contributed by atoms with Crippen LogP contribution in [0.5, 0.6) is 5.88 Å². The first-order chi connectivity index (χ1) is 9.22. The van der Waals surface area contributed by atoms with Crippen molar-refractivity contribution in [3.05, 3.63) is 53.7 Å². The third-order valence-corrected chi connectivity index (χ3v) is 3.02. The van der Waals surface area contributed by atoms with Crippen LogP contribution in [0.1, 0.15) is 11.1 Å². The molecule has 1 aromatic carbocycles. The van der Waals surface area contributed by atoms with Crippen molar-refractivity contribution in [3.8, 4) is 5.88 Å². The van der Waals surface area contributed by atoms with Crippen LogP contribution in [0, 0.1) is 0 Å². The zero-order valence-corrected chi connectivity index (χ0v) is 11.3. The molecule has 0 saturated carbocycles. The van der Waals surface area contributed by atoms with Crippen molar-refractivity contribution < 1.29 is 4.74 Å². The van der Waals surface area contributed by atoms with E-state index in [2.05, 4.69) is 22.0 Å². The molecule has 0 radical (unpaired) electrons. The van der Waals surface area contributed by atoms with E-state index >= 15 is 0 Å². The minimum Gasteiger partial charge on any atom is -0.481 e. The molecule has 4 heteroatoms. The van der Waals surface area contributed by atoms with E-state index in [0.29, 0.717) is 12.4 Å². The summed E-state index contributed by atoms with van der Waals surface area (Å²) in [7, 11) is 3.67. The van der Waals surface area contributed by atoms with Crippen LogP contribution in [-0.4, -0.2) is 19.1 Å². The first-order valence-electron chi connectivity index (χ1n) is 6.22. The van der Waals surface area contributed by atoms with Crippen LogP contribution in [0.4, 0.5) is 5.69 Å². The molecule has 2 N–H and O–H groups in total. The third kappa shape index (κ3) is 3.45. The maximum Gasteiger partial charge on any atom is 0.214 e. The Bertz CT molecular complexity index is 542. The Morgan fingerprint density at radius 1 is 1.21 bits per heavy atom. The van der Waals surface area contributed by atoms with Gasteiger partial charge in [0.1, 0.15) is 0 Å². The number of anilines is 1. The number of hydrogen-bond donors (Lipinski definition) is 1. The fourth-order valence-corrected chi connectivity index (χ4v) is 1.97. The van der Waals surface area contributed by atoms with E-state index in [-0.39, 0.29) is 0 Å². The maximum absolute atomic E-state index is 5.66. The first kappa shape index (κ1) is 13.4. The number of methoxy groups -OCH3 is 1. The van der Waals surface area contributed by atoms with E-state index in [0.717, 1.165) is 17.8 Å². The summed E-state index contributed by atoms with van der Waals surface area (Å²) in [6, 6.07) is 12.2. The highest BCUT2D eigenvalue weighted by molar-refractivity contribution is 5.48. The van der Waals surface area contributed by atoms with Crippen molar-refractivity contribution in [1.29, 1.82) is 0 Å². The van der Waals surface area contributed by atoms with Gasteiger partial charge in [0, 0.05) is 38.1 Å². The molecule has 0 spiro atoms. The Balaban J connectivity index is 2.13. The highest BCUT2D eigenvalue weighted by Gasteiger charge is 2.04. The van der Waals surface area contributed by atoms with Crippen LogP contribution in [0.2, 0.25) is 0 Å². The summed E-state index contributed by atoms with van der Waals surface area (Å²) in [5, 5.41) is 0. The van der Waals surface area contributed by atoms with Crippen molar-refractivity contribution in [3.63, 3.8) is 0 Å². The highest BCUT2D eigenvalue weighted by Crippen LogP contribution is 2.19. The quantitative estimate of drug-likeness (QED) is 0.892. The second kappa shape index (κ2) is 6.20. The molecule has 2 rings (SSSR count). The lowest BCUT2D eigenvalue weighted by atomic mass is 10.1. The Hall–Kier alpha value is -2.07. The molecular weight excluding hydrogens is 238 g/mol. The molecule has 0 aliphatic rings. The number of pyridine rings is 1. The molecular formula is C15H19N3O. The zero-order chi connectivity index (χ0) is 13.7. The van der Waals surface area contributed by atoms with Crippen molar-refractivity contribution in [2.75, 3.05) is 19.1 Å². The normalized spacial score (nSPS) is 10.3. The summed E-state index contributed by atoms with van der Waals surface area (Å²) >= 11 is 0. The molecule has 100 valence electrons. The lowest BCUT2D eigenvalue weighted by molar-refractivity contribution is 0.398. The smallest absolute Gasteiger partial charge is 0.214 e. The SMILES string of the molecule is COc1cc(N(C)Cc2cccc(CN)c2)ccn1. The summed E-state index contributed by atoms with van der Waals surface area (Å²) in [5.74, 6) is 0.625. The van der Waals surface area contributed by atoms with Gasteiger partial charge in [0.25, 0.3) is 0 Å². The van der Waals surface area contributed by atoms with Gasteiger partial charge < -0.3 is 15.4 Å². The highest BCUT2D eigenvalue weighted by atomic mass is 16.5. The van der Waals surface area contributed by atoms with Crippen LogP contribution < -0.4 is 15.4 Å². The van der Waals surface area contributed by atoms with E-state index in [1.165, 1.54) is 5.56 Å². The molecule has 0 atom stereocenters. The monoisotopic (exact) mass is 257 g/mol. The molecule has 0 aliphatic heterocycles. The minimum absolute atomic E-state index is 0.570. The fraction of sp³-hybridized carbons (Fsp3) is 0.267. The van der Waals surface area contributed by atoms with Gasteiger partial charge in [-0.05, 0) is 17.2 Å². The summed E-state index contributed by atoms with van der Waals surface area (Å²) in [5.41, 5.74) is 9.12. The third-order valence-electron chi connectivity index (χ3n) is 3.02. The Kier molecular flexibility index (Phi) is 4.36. The van der Waals surface area contributed by atoms with E-state index in [1.807, 2.05) is 31.3 Å². The molecule has 1 aromatic heterocycles. The average molecular weight is 257 g/mol. The number of nitrogens with zero attached hydrogens (tertiary/aromatic N) is 2. The summed E-state index contributed by atoms with van der Waals surface area (Å²) in [6.07, 6.45) is 1.75. The van der Waals surface area contributed by atoms with Crippen LogP contribution in [-0.2, 0) is 13.1 Å². The number of ether oxygens (including phenoxy) is 1. The van der Waals surface area contributed by atoms with Gasteiger partial charge in [-0.15, -0.1) is 0 Å². The van der Waals surface area contributed by atoms with Crippen molar-refractivity contribution in [1.82, 2.24) is 4.98 Å². The van der Waals surface area contributed by atoms with E-state index < -0.39 is 0 Å². The lowest BCUT2D eigenvalue weighted by Gasteiger charge is -2.20. The molecule has 4 nitrogen and oxygen atoms in total. The standard InChI is InChI=1S/C15H19N3O/c1-18(14-6-7-17-15(9-14)19-2)11-13-5-3-4-12(8-13)10-16/h3-9H,10-11,16H2,1-2H3. The Morgan fingerprint density at radius 2 is 2.00 bits per heavy atom. The van der Waals surface area contributed by atoms with Gasteiger partial charge in [0.2, 0.25) is 5.88 Å². The zero-order valence-electron chi connectivity index (χ0n) is 11.3. The molecule has 0 aliphatic carbocycles. The second-order valence-electron chi connectivity index (χ2n) is 4.44. The largest absolute Gasteiger partial charge is 0.481 e. The Morgan fingerprint density at radius 3 is 2.74 bits per heavy atom. The number of hydrogen-bond acceptors (Lipinski definition) is 4. The fourth-order valence-electron chi connectivity index (χ4n) is 1.97. The molecule has 19 heavy (non-hydrogen) atoms. The van der Waals surface area contributed by atoms with Gasteiger partial charge in [-0.1, -0.05) is 24.3 Å². The van der Waals surface area contributed by atoms with Crippen molar-refractivity contribution in [2.45, 2.75) is 13.1 Å². The Labute approximate surface area is 113 Å². The molecule has 0 unspecified atom stereocenters. The minimum atomic E-state index is 0.570. The number of aromatic nitrogens is 1. The summed E-state index contributed by atoms with van der Waals surface area (Å²) in [4.78, 5) is 6.26. The number of benzene rings is 1. The number of rotatable bonds is 5. The predicted molar refractivity (Wildman–Crippen MR) is 77.2 cm³/mol. The van der Waals surface area contributed by atoms with Crippen LogP contribution in [0.3, 0.4) is 0 Å². The van der Waals surface area contributed by atoms with Gasteiger partial charge >= 0.3 is 0 Å². The lowest BCUT2D eigenvalue weighted by Crippen LogP contribution is -2.16. The van der Waals surface area contributed by atoms with Gasteiger partial charge in [0.05, 0.1) is 7.11 Å². The summed E-state index contributed by atoms with van der Waals surface area (Å²) in [6.45, 7) is 1.39. The van der Waals surface area contributed by atoms with E-state index in [4.69, 9.17) is 10.5 Å². The molecule has 1 heterocycles. The van der Waals surface area contributed by atoms with Gasteiger partial charge in [0.15, 0.2) is 0 Å². The van der Waals surface area contributed by atoms with Crippen LogP contribution >= 0.6 is 0 Å². The molecule has 0 amide bonds. The topological polar surface area (TPSA) is 51.4 Å². The van der Waals surface area contributed by atoms with Crippen molar-refractivity contribution >= 4 is 5.69 Å². The maximum atomic E-state index is 5.66. The summed E-state index contributed by atoms with van der Waals surface area (Å²) < 4.78 is 5.14. The van der Waals surface area contributed by atoms with Gasteiger partial charge in [-0.3, -0.25) is 0 Å². The molecule has 2 aromatic rings. The number of nitrogens with two attached hydrogens (primary N) is 1. The van der Waals surface area contributed by atoms with Crippen molar-refractivity contribution in [2.24, 2.45) is 5.73 Å². The predicted octanol–water partition coefficient (Wildman–Crippen LogP) is 2.19. The average Bonchev–Trinajstić information content (AvgIpc) is 2.47. The van der Waals surface area contributed by atoms with E-state index in [9.17, 15) is 0 Å². The second-order valence-corrected chi connectivity index (χ2v) is 4.44. The van der Waals surface area contributed by atoms with E-state index in [1.54, 1.807) is 13.3 Å². The van der Waals surface area contributed by atoms with Crippen LogP contribution in [0.25, 0.3) is 0 Å². The molecule has 0 fully saturated rings. The van der Waals surface area contributed by atoms with Gasteiger partial charge in [-0.25, -0.2) is 4.98 Å². The molecule has 0 bridgehead atoms. The first-order valence-corrected chi connectivity index (χ1v) is 6.22. The van der Waals surface area contributed by atoms with Gasteiger partial charge in [-0.2, -0.15) is 0 Å².